The number of rotatable bonds is 1. The highest BCUT2D eigenvalue weighted by Crippen LogP contribution is 2.53. The minimum absolute atomic E-state index is 0.329. The second kappa shape index (κ2) is 1.88. The minimum Gasteiger partial charge on any atom is -0.140 e. The summed E-state index contributed by atoms with van der Waals surface area (Å²) in [4.78, 5) is 0. The third-order valence-corrected chi connectivity index (χ3v) is 3.00. The summed E-state index contributed by atoms with van der Waals surface area (Å²) >= 11 is 6.04. The van der Waals surface area contributed by atoms with Crippen LogP contribution < -0.4 is 0 Å². The van der Waals surface area contributed by atoms with Gasteiger partial charge in [0.25, 0.3) is 5.12 Å². The molecule has 1 atom stereocenters. The lowest BCUT2D eigenvalue weighted by molar-refractivity contribution is 0.542. The van der Waals surface area contributed by atoms with E-state index in [1.54, 1.807) is 0 Å². The van der Waals surface area contributed by atoms with Crippen LogP contribution in [0.4, 0.5) is 0 Å². The zero-order valence-electron chi connectivity index (χ0n) is 6.37. The van der Waals surface area contributed by atoms with Gasteiger partial charge in [-0.05, 0) is 17.5 Å². The lowest BCUT2D eigenvalue weighted by atomic mass is 9.76. The fourth-order valence-corrected chi connectivity index (χ4v) is 2.01. The fourth-order valence-electron chi connectivity index (χ4n) is 1.77. The second-order valence-corrected chi connectivity index (χ2v) is 3.85. The van der Waals surface area contributed by atoms with E-state index in [1.165, 1.54) is 11.1 Å². The zero-order chi connectivity index (χ0) is 8.18. The molecule has 0 N–H and O–H groups in total. The molecule has 0 radical (unpaired) electrons. The van der Waals surface area contributed by atoms with Crippen molar-refractivity contribution in [3.05, 3.63) is 35.4 Å². The Morgan fingerprint density at radius 2 is 2.08 bits per heavy atom. The minimum atomic E-state index is -0.589. The van der Waals surface area contributed by atoms with Crippen LogP contribution in [0.2, 0.25) is 0 Å². The normalized spacial score (nSPS) is 27.6. The van der Waals surface area contributed by atoms with E-state index in [0.717, 1.165) is 6.42 Å². The first-order chi connectivity index (χ1) is 5.80. The van der Waals surface area contributed by atoms with Crippen LogP contribution in [0.25, 0.3) is 0 Å². The van der Waals surface area contributed by atoms with Crippen molar-refractivity contribution in [2.45, 2.75) is 17.5 Å². The molecule has 0 amide bonds. The smallest absolute Gasteiger partial charge is 0.140 e. The van der Waals surface area contributed by atoms with Gasteiger partial charge in [-0.1, -0.05) is 35.9 Å². The highest BCUT2D eigenvalue weighted by molar-refractivity contribution is 6.25. The molecule has 1 aliphatic carbocycles. The molecule has 0 bridgehead atoms. The van der Waals surface area contributed by atoms with E-state index in [2.05, 4.69) is 28.4 Å². The lowest BCUT2D eigenvalue weighted by Crippen LogP contribution is -2.27. The first-order valence-corrected chi connectivity index (χ1v) is 4.38. The summed E-state index contributed by atoms with van der Waals surface area (Å²) in [6.07, 6.45) is 1.02. The molecular weight excluding hydrogens is 172 g/mol. The number of hydrogen-bond acceptors (Lipinski definition) is 2. The summed E-state index contributed by atoms with van der Waals surface area (Å²) in [7, 11) is 0. The molecule has 0 aromatic heterocycles. The SMILES string of the molecule is ClC1(C2Cc3ccccc32)N=N1. The maximum absolute atomic E-state index is 6.04. The highest BCUT2D eigenvalue weighted by Gasteiger charge is 2.51. The summed E-state index contributed by atoms with van der Waals surface area (Å²) in [5.41, 5.74) is 2.71. The van der Waals surface area contributed by atoms with Gasteiger partial charge >= 0.3 is 0 Å². The molecular formula is C9H7ClN2. The number of hydrogen-bond donors (Lipinski definition) is 0. The van der Waals surface area contributed by atoms with E-state index in [0.29, 0.717) is 5.92 Å². The largest absolute Gasteiger partial charge is 0.270 e. The van der Waals surface area contributed by atoms with Crippen molar-refractivity contribution in [2.24, 2.45) is 10.2 Å². The van der Waals surface area contributed by atoms with Gasteiger partial charge in [0.05, 0.1) is 5.92 Å². The van der Waals surface area contributed by atoms with Crippen molar-refractivity contribution in [3.8, 4) is 0 Å². The third-order valence-electron chi connectivity index (χ3n) is 2.59. The summed E-state index contributed by atoms with van der Waals surface area (Å²) < 4.78 is 0. The number of halogens is 1. The van der Waals surface area contributed by atoms with E-state index in [9.17, 15) is 0 Å². The van der Waals surface area contributed by atoms with Gasteiger partial charge in [-0.2, -0.15) is 0 Å². The van der Waals surface area contributed by atoms with E-state index >= 15 is 0 Å². The number of fused-ring (bicyclic) bond motifs is 1. The number of nitrogens with zero attached hydrogens (tertiary/aromatic N) is 2. The molecule has 3 heteroatoms. The molecule has 3 rings (SSSR count). The van der Waals surface area contributed by atoms with Gasteiger partial charge in [0, 0.05) is 0 Å². The van der Waals surface area contributed by atoms with E-state index in [-0.39, 0.29) is 0 Å². The molecule has 2 aliphatic rings. The van der Waals surface area contributed by atoms with E-state index in [1.807, 2.05) is 6.07 Å². The molecule has 60 valence electrons. The summed E-state index contributed by atoms with van der Waals surface area (Å²) in [6, 6.07) is 8.33. The van der Waals surface area contributed by atoms with Gasteiger partial charge in [0.1, 0.15) is 0 Å². The highest BCUT2D eigenvalue weighted by atomic mass is 35.5. The lowest BCUT2D eigenvalue weighted by Gasteiger charge is -2.30. The number of benzene rings is 1. The predicted octanol–water partition coefficient (Wildman–Crippen LogP) is 2.68. The summed E-state index contributed by atoms with van der Waals surface area (Å²) in [5.74, 6) is 0.329. The Morgan fingerprint density at radius 1 is 1.33 bits per heavy atom. The first kappa shape index (κ1) is 6.61. The van der Waals surface area contributed by atoms with Gasteiger partial charge in [0.15, 0.2) is 0 Å². The number of alkyl halides is 1. The van der Waals surface area contributed by atoms with Crippen molar-refractivity contribution in [2.75, 3.05) is 0 Å². The standard InChI is InChI=1S/C9H7ClN2/c10-9(11-12-9)8-5-6-3-1-2-4-7(6)8/h1-4,8H,5H2. The molecule has 0 saturated heterocycles. The van der Waals surface area contributed by atoms with E-state index in [4.69, 9.17) is 11.6 Å². The quantitative estimate of drug-likeness (QED) is 0.467. The van der Waals surface area contributed by atoms with Crippen molar-refractivity contribution in [3.63, 3.8) is 0 Å². The summed E-state index contributed by atoms with van der Waals surface area (Å²) in [5, 5.41) is 7.10. The third kappa shape index (κ3) is 0.707. The van der Waals surface area contributed by atoms with Crippen LogP contribution in [0.5, 0.6) is 0 Å². The molecule has 1 unspecified atom stereocenters. The zero-order valence-corrected chi connectivity index (χ0v) is 7.12. The maximum atomic E-state index is 6.04. The monoisotopic (exact) mass is 178 g/mol. The molecule has 0 spiro atoms. The average molecular weight is 179 g/mol. The van der Waals surface area contributed by atoms with Crippen LogP contribution in [0.3, 0.4) is 0 Å². The van der Waals surface area contributed by atoms with Crippen LogP contribution in [0, 0.1) is 0 Å². The van der Waals surface area contributed by atoms with Crippen molar-refractivity contribution in [1.82, 2.24) is 0 Å². The Balaban J connectivity index is 1.98. The van der Waals surface area contributed by atoms with Crippen molar-refractivity contribution < 1.29 is 0 Å². The van der Waals surface area contributed by atoms with Gasteiger partial charge in [-0.3, -0.25) is 0 Å². The molecule has 1 aromatic rings. The van der Waals surface area contributed by atoms with Crippen molar-refractivity contribution in [1.29, 1.82) is 0 Å². The molecule has 1 aliphatic heterocycles. The first-order valence-electron chi connectivity index (χ1n) is 4.00. The van der Waals surface area contributed by atoms with Crippen molar-refractivity contribution >= 4 is 11.6 Å². The van der Waals surface area contributed by atoms with E-state index < -0.39 is 5.12 Å². The molecule has 1 aromatic carbocycles. The van der Waals surface area contributed by atoms with Crippen LogP contribution >= 0.6 is 11.6 Å². The topological polar surface area (TPSA) is 24.7 Å². The Kier molecular flexibility index (Phi) is 1.04. The average Bonchev–Trinajstić information content (AvgIpc) is 2.72. The van der Waals surface area contributed by atoms with Crippen LogP contribution in [-0.2, 0) is 6.42 Å². The van der Waals surface area contributed by atoms with Gasteiger partial charge < -0.3 is 0 Å². The van der Waals surface area contributed by atoms with Gasteiger partial charge in [-0.25, -0.2) is 0 Å². The maximum Gasteiger partial charge on any atom is 0.270 e. The predicted molar refractivity (Wildman–Crippen MR) is 46.3 cm³/mol. The van der Waals surface area contributed by atoms with Crippen LogP contribution in [-0.4, -0.2) is 5.12 Å². The molecule has 1 heterocycles. The Labute approximate surface area is 75.3 Å². The fraction of sp³-hybridized carbons (Fsp3) is 0.333. The van der Waals surface area contributed by atoms with Crippen LogP contribution in [0.1, 0.15) is 17.0 Å². The Bertz CT molecular complexity index is 367. The Morgan fingerprint density at radius 3 is 2.75 bits per heavy atom. The molecule has 2 nitrogen and oxygen atoms in total. The second-order valence-electron chi connectivity index (χ2n) is 3.29. The molecule has 0 saturated carbocycles. The Hall–Kier alpha value is -0.890. The van der Waals surface area contributed by atoms with Gasteiger partial charge in [-0.15, -0.1) is 10.2 Å². The summed E-state index contributed by atoms with van der Waals surface area (Å²) in [6.45, 7) is 0. The van der Waals surface area contributed by atoms with Crippen LogP contribution in [0.15, 0.2) is 34.5 Å². The van der Waals surface area contributed by atoms with Gasteiger partial charge in [0.2, 0.25) is 0 Å². The molecule has 12 heavy (non-hydrogen) atoms. The molecule has 0 fully saturated rings.